The number of aromatic nitrogens is 2. The van der Waals surface area contributed by atoms with Gasteiger partial charge in [-0.2, -0.15) is 4.98 Å². The first kappa shape index (κ1) is 29.2. The van der Waals surface area contributed by atoms with E-state index in [1.54, 1.807) is 18.2 Å². The molecule has 1 aromatic carbocycles. The third kappa shape index (κ3) is 6.12. The van der Waals surface area contributed by atoms with E-state index in [1.807, 2.05) is 18.2 Å². The highest BCUT2D eigenvalue weighted by Gasteiger charge is 2.46. The Morgan fingerprint density at radius 3 is 2.58 bits per heavy atom. The zero-order valence-corrected chi connectivity index (χ0v) is 24.6. The third-order valence-electron chi connectivity index (χ3n) is 9.53. The van der Waals surface area contributed by atoms with Gasteiger partial charge in [-0.1, -0.05) is 37.1 Å². The Morgan fingerprint density at radius 2 is 1.77 bits per heavy atom. The van der Waals surface area contributed by atoms with Gasteiger partial charge in [0.15, 0.2) is 0 Å². The number of fused-ring (bicyclic) bond motifs is 5. The van der Waals surface area contributed by atoms with Crippen molar-refractivity contribution < 1.29 is 28.6 Å². The van der Waals surface area contributed by atoms with Gasteiger partial charge in [0.1, 0.15) is 24.3 Å². The van der Waals surface area contributed by atoms with E-state index in [1.165, 1.54) is 16.6 Å². The Balaban J connectivity index is 1.37. The van der Waals surface area contributed by atoms with E-state index in [9.17, 15) is 19.2 Å². The molecule has 2 bridgehead atoms. The number of benzene rings is 1. The molecule has 2 aromatic rings. The molecule has 3 heterocycles. The smallest absolute Gasteiger partial charge is 0.408 e. The standard InChI is InChI=1S/C32H40N4O7/c1-41-30(39)25-18-22-19-36(25)29(38)27(21-11-4-5-12-21)34-32(40)43-26-16-9-13-20(26)10-3-2-8-17-35-28(37)23-14-6-7-15-24(23)33-31(35)42-22/h2,6-8,14-15,20-22,25-27H,3-5,9-13,16-19H2,1H3,(H,34,40)/b8-2-/t20-,22-,25+,26-,27+/m1/s1. The molecule has 43 heavy (non-hydrogen) atoms. The van der Waals surface area contributed by atoms with Crippen LogP contribution >= 0.6 is 0 Å². The molecule has 1 saturated heterocycles. The van der Waals surface area contributed by atoms with Crippen LogP contribution in [0.3, 0.4) is 0 Å². The normalized spacial score (nSPS) is 29.5. The van der Waals surface area contributed by atoms with Gasteiger partial charge in [-0.05, 0) is 68.9 Å². The molecule has 1 aromatic heterocycles. The topological polar surface area (TPSA) is 129 Å². The number of para-hydroxylation sites is 1. The van der Waals surface area contributed by atoms with E-state index in [4.69, 9.17) is 14.2 Å². The zero-order valence-electron chi connectivity index (χ0n) is 24.6. The van der Waals surface area contributed by atoms with Gasteiger partial charge in [0.2, 0.25) is 5.91 Å². The lowest BCUT2D eigenvalue weighted by Gasteiger charge is -2.31. The minimum atomic E-state index is -0.897. The number of carbonyl (C=O) groups is 3. The van der Waals surface area contributed by atoms with E-state index >= 15 is 0 Å². The molecule has 6 rings (SSSR count). The van der Waals surface area contributed by atoms with Gasteiger partial charge in [0, 0.05) is 13.0 Å². The number of allylic oxidation sites excluding steroid dienone is 2. The minimum Gasteiger partial charge on any atom is -0.467 e. The van der Waals surface area contributed by atoms with Crippen molar-refractivity contribution in [2.75, 3.05) is 13.7 Å². The Labute approximate surface area is 250 Å². The minimum absolute atomic E-state index is 0.0549. The molecule has 2 aliphatic carbocycles. The van der Waals surface area contributed by atoms with Crippen LogP contribution in [0.5, 0.6) is 6.01 Å². The van der Waals surface area contributed by atoms with Crippen molar-refractivity contribution in [3.63, 3.8) is 0 Å². The lowest BCUT2D eigenvalue weighted by molar-refractivity contribution is -0.152. The second-order valence-corrected chi connectivity index (χ2v) is 12.2. The summed E-state index contributed by atoms with van der Waals surface area (Å²) in [7, 11) is 1.29. The van der Waals surface area contributed by atoms with Crippen LogP contribution in [-0.2, 0) is 25.6 Å². The van der Waals surface area contributed by atoms with E-state index in [2.05, 4.69) is 10.3 Å². The number of nitrogens with one attached hydrogen (secondary N) is 1. The highest BCUT2D eigenvalue weighted by Crippen LogP contribution is 2.34. The second kappa shape index (κ2) is 12.8. The molecule has 11 nitrogen and oxygen atoms in total. The van der Waals surface area contributed by atoms with Gasteiger partial charge in [-0.25, -0.2) is 9.59 Å². The number of hydrogen-bond donors (Lipinski definition) is 1. The molecule has 0 spiro atoms. The maximum Gasteiger partial charge on any atom is 0.408 e. The lowest BCUT2D eigenvalue weighted by Crippen LogP contribution is -2.55. The Bertz CT molecular complexity index is 1450. The number of ether oxygens (including phenoxy) is 3. The molecule has 2 aliphatic heterocycles. The van der Waals surface area contributed by atoms with Crippen LogP contribution in [0.4, 0.5) is 4.79 Å². The monoisotopic (exact) mass is 592 g/mol. The van der Waals surface area contributed by atoms with Crippen molar-refractivity contribution >= 4 is 28.9 Å². The first-order valence-electron chi connectivity index (χ1n) is 15.6. The average molecular weight is 593 g/mol. The van der Waals surface area contributed by atoms with Gasteiger partial charge in [0.25, 0.3) is 11.6 Å². The fourth-order valence-corrected chi connectivity index (χ4v) is 7.28. The van der Waals surface area contributed by atoms with Crippen LogP contribution in [0, 0.1) is 11.8 Å². The Hall–Kier alpha value is -3.89. The summed E-state index contributed by atoms with van der Waals surface area (Å²) in [6.07, 6.45) is 10.7. The van der Waals surface area contributed by atoms with E-state index < -0.39 is 30.3 Å². The average Bonchev–Trinajstić information content (AvgIpc) is 3.78. The summed E-state index contributed by atoms with van der Waals surface area (Å²) in [5, 5.41) is 3.40. The van der Waals surface area contributed by atoms with Crippen LogP contribution < -0.4 is 15.6 Å². The molecule has 0 unspecified atom stereocenters. The fourth-order valence-electron chi connectivity index (χ4n) is 7.28. The number of hydrogen-bond acceptors (Lipinski definition) is 8. The van der Waals surface area contributed by atoms with Crippen LogP contribution in [0.15, 0.2) is 41.2 Å². The molecule has 4 aliphatic rings. The molecule has 1 N–H and O–H groups in total. The van der Waals surface area contributed by atoms with Gasteiger partial charge < -0.3 is 24.4 Å². The summed E-state index contributed by atoms with van der Waals surface area (Å²) in [6.45, 7) is 0.348. The van der Waals surface area contributed by atoms with Gasteiger partial charge in [0.05, 0.1) is 24.6 Å². The molecular formula is C32H40N4O7. The summed E-state index contributed by atoms with van der Waals surface area (Å²) >= 11 is 0. The SMILES string of the molecule is COC(=O)[C@@H]1C[C@@H]2CN1C(=O)[C@H](C1CCCC1)NC(=O)O[C@@H]1CCC[C@H]1CC/C=C\Cn1c(nc3ccccc3c1=O)O2. The second-order valence-electron chi connectivity index (χ2n) is 12.2. The number of nitrogens with zero attached hydrogens (tertiary/aromatic N) is 3. The molecule has 3 fully saturated rings. The highest BCUT2D eigenvalue weighted by molar-refractivity contribution is 5.90. The number of alkyl carbamates (subject to hydrolysis) is 1. The van der Waals surface area contributed by atoms with Crippen LogP contribution in [-0.4, -0.2) is 70.4 Å². The maximum absolute atomic E-state index is 14.2. The number of amides is 2. The number of methoxy groups -OCH3 is 1. The third-order valence-corrected chi connectivity index (χ3v) is 9.53. The van der Waals surface area contributed by atoms with E-state index in [0.717, 1.165) is 57.8 Å². The highest BCUT2D eigenvalue weighted by atomic mass is 16.6. The lowest BCUT2D eigenvalue weighted by atomic mass is 9.96. The van der Waals surface area contributed by atoms with Crippen molar-refractivity contribution in [2.45, 2.75) is 95.0 Å². The fraction of sp³-hybridized carbons (Fsp3) is 0.594. The largest absolute Gasteiger partial charge is 0.467 e. The van der Waals surface area contributed by atoms with Crippen molar-refractivity contribution in [3.05, 3.63) is 46.8 Å². The van der Waals surface area contributed by atoms with Crippen molar-refractivity contribution in [1.82, 2.24) is 19.8 Å². The summed E-state index contributed by atoms with van der Waals surface area (Å²) in [5.74, 6) is -0.734. The van der Waals surface area contributed by atoms with Gasteiger partial charge in [-0.15, -0.1) is 0 Å². The van der Waals surface area contributed by atoms with Crippen molar-refractivity contribution in [1.29, 1.82) is 0 Å². The predicted molar refractivity (Wildman–Crippen MR) is 157 cm³/mol. The predicted octanol–water partition coefficient (Wildman–Crippen LogP) is 3.72. The summed E-state index contributed by atoms with van der Waals surface area (Å²) in [6, 6.07) is 5.55. The molecule has 230 valence electrons. The van der Waals surface area contributed by atoms with E-state index in [-0.39, 0.29) is 54.9 Å². The first-order chi connectivity index (χ1) is 20.9. The molecule has 2 saturated carbocycles. The van der Waals surface area contributed by atoms with Crippen molar-refractivity contribution in [3.8, 4) is 6.01 Å². The number of carbonyl (C=O) groups excluding carboxylic acids is 3. The van der Waals surface area contributed by atoms with Crippen molar-refractivity contribution in [2.24, 2.45) is 11.8 Å². The number of rotatable bonds is 2. The molecule has 5 atom stereocenters. The maximum atomic E-state index is 14.2. The molecule has 11 heteroatoms. The van der Waals surface area contributed by atoms with Gasteiger partial charge >= 0.3 is 12.1 Å². The number of esters is 1. The first-order valence-corrected chi connectivity index (χ1v) is 15.6. The molecule has 0 radical (unpaired) electrons. The van der Waals surface area contributed by atoms with Crippen LogP contribution in [0.1, 0.15) is 64.2 Å². The summed E-state index contributed by atoms with van der Waals surface area (Å²) < 4.78 is 18.8. The molecular weight excluding hydrogens is 552 g/mol. The quantitative estimate of drug-likeness (QED) is 0.413. The molecule has 2 amide bonds. The Kier molecular flexibility index (Phi) is 8.67. The van der Waals surface area contributed by atoms with Gasteiger partial charge in [-0.3, -0.25) is 14.2 Å². The Morgan fingerprint density at radius 1 is 0.977 bits per heavy atom. The zero-order chi connectivity index (χ0) is 29.9. The van der Waals surface area contributed by atoms with E-state index in [0.29, 0.717) is 10.9 Å². The van der Waals surface area contributed by atoms with Crippen LogP contribution in [0.2, 0.25) is 0 Å². The summed E-state index contributed by atoms with van der Waals surface area (Å²) in [5.41, 5.74) is 0.292. The summed E-state index contributed by atoms with van der Waals surface area (Å²) in [4.78, 5) is 60.0. The van der Waals surface area contributed by atoms with Crippen LogP contribution in [0.25, 0.3) is 10.9 Å².